The van der Waals surface area contributed by atoms with Gasteiger partial charge < -0.3 is 0 Å². The van der Waals surface area contributed by atoms with E-state index in [9.17, 15) is 0 Å². The molecular formula is C20H40. The summed E-state index contributed by atoms with van der Waals surface area (Å²) in [7, 11) is 0. The minimum absolute atomic E-state index is 1.04. The molecule has 0 saturated heterocycles. The molecule has 0 unspecified atom stereocenters. The number of rotatable bonds is 10. The van der Waals surface area contributed by atoms with Crippen LogP contribution in [-0.2, 0) is 0 Å². The Hall–Kier alpha value is 0. The van der Waals surface area contributed by atoms with Crippen molar-refractivity contribution in [1.29, 1.82) is 0 Å². The second-order valence-corrected chi connectivity index (χ2v) is 7.35. The molecule has 1 rings (SSSR count). The normalized spacial score (nSPS) is 23.7. The molecule has 0 heterocycles. The molecule has 0 aromatic carbocycles. The fraction of sp³-hybridized carbons (Fsp3) is 1.00. The van der Waals surface area contributed by atoms with Gasteiger partial charge in [-0.15, -0.1) is 0 Å². The predicted octanol–water partition coefficient (Wildman–Crippen LogP) is 7.23. The molecule has 0 atom stereocenters. The molecule has 0 heteroatoms. The lowest BCUT2D eigenvalue weighted by atomic mass is 9.68. The molecule has 0 bridgehead atoms. The topological polar surface area (TPSA) is 0 Å². The summed E-state index contributed by atoms with van der Waals surface area (Å²) >= 11 is 0. The van der Waals surface area contributed by atoms with Crippen LogP contribution in [0.3, 0.4) is 0 Å². The molecule has 0 amide bonds. The summed E-state index contributed by atoms with van der Waals surface area (Å²) in [6.45, 7) is 9.47. The molecule has 0 aliphatic heterocycles. The molecule has 1 saturated carbocycles. The Morgan fingerprint density at radius 3 is 1.00 bits per heavy atom. The van der Waals surface area contributed by atoms with Crippen LogP contribution in [0.4, 0.5) is 0 Å². The van der Waals surface area contributed by atoms with E-state index in [1.807, 2.05) is 0 Å². The fourth-order valence-corrected chi connectivity index (χ4v) is 4.80. The van der Waals surface area contributed by atoms with E-state index in [2.05, 4.69) is 27.7 Å². The number of hydrogen-bond donors (Lipinski definition) is 0. The van der Waals surface area contributed by atoms with Crippen molar-refractivity contribution in [3.63, 3.8) is 0 Å². The second kappa shape index (κ2) is 10.7. The van der Waals surface area contributed by atoms with E-state index in [0.717, 1.165) is 23.7 Å². The van der Waals surface area contributed by atoms with Crippen LogP contribution in [0.1, 0.15) is 105 Å². The van der Waals surface area contributed by atoms with Gasteiger partial charge in [-0.2, -0.15) is 0 Å². The summed E-state index contributed by atoms with van der Waals surface area (Å²) in [6.07, 6.45) is 17.6. The summed E-state index contributed by atoms with van der Waals surface area (Å²) in [5.41, 5.74) is 0. The molecule has 0 aromatic rings. The van der Waals surface area contributed by atoms with Crippen LogP contribution >= 0.6 is 0 Å². The Balaban J connectivity index is 2.43. The Labute approximate surface area is 129 Å². The average molecular weight is 281 g/mol. The Bertz CT molecular complexity index is 176. The van der Waals surface area contributed by atoms with Crippen molar-refractivity contribution in [2.45, 2.75) is 105 Å². The third-order valence-electron chi connectivity index (χ3n) is 5.79. The standard InChI is InChI=1S/C20H40/c1-5-9-17(10-6-2)19-13-15-20(16-14-19)18(11-7-3)12-8-4/h17-20H,5-16H2,1-4H3. The van der Waals surface area contributed by atoms with Crippen molar-refractivity contribution >= 4 is 0 Å². The van der Waals surface area contributed by atoms with Crippen molar-refractivity contribution in [2.24, 2.45) is 23.7 Å². The smallest absolute Gasteiger partial charge is 0.0386 e. The van der Waals surface area contributed by atoms with Gasteiger partial charge in [0, 0.05) is 0 Å². The summed E-state index contributed by atoms with van der Waals surface area (Å²) < 4.78 is 0. The highest BCUT2D eigenvalue weighted by Gasteiger charge is 2.29. The Kier molecular flexibility index (Phi) is 9.65. The van der Waals surface area contributed by atoms with Crippen molar-refractivity contribution in [3.8, 4) is 0 Å². The van der Waals surface area contributed by atoms with Gasteiger partial charge in [-0.3, -0.25) is 0 Å². The zero-order valence-corrected chi connectivity index (χ0v) is 14.8. The lowest BCUT2D eigenvalue weighted by molar-refractivity contribution is 0.141. The highest BCUT2D eigenvalue weighted by molar-refractivity contribution is 4.81. The molecule has 0 aromatic heterocycles. The summed E-state index contributed by atoms with van der Waals surface area (Å²) in [5, 5.41) is 0. The molecule has 0 N–H and O–H groups in total. The first-order chi connectivity index (χ1) is 9.76. The maximum absolute atomic E-state index is 2.37. The summed E-state index contributed by atoms with van der Waals surface area (Å²) in [4.78, 5) is 0. The molecule has 0 radical (unpaired) electrons. The molecule has 0 nitrogen and oxygen atoms in total. The molecule has 120 valence electrons. The fourth-order valence-electron chi connectivity index (χ4n) is 4.80. The minimum atomic E-state index is 1.04. The zero-order chi connectivity index (χ0) is 14.8. The predicted molar refractivity (Wildman–Crippen MR) is 92.1 cm³/mol. The van der Waals surface area contributed by atoms with Crippen LogP contribution in [0.15, 0.2) is 0 Å². The van der Waals surface area contributed by atoms with E-state index in [0.29, 0.717) is 0 Å². The van der Waals surface area contributed by atoms with Gasteiger partial charge in [-0.25, -0.2) is 0 Å². The van der Waals surface area contributed by atoms with E-state index in [1.54, 1.807) is 25.7 Å². The zero-order valence-electron chi connectivity index (χ0n) is 14.8. The highest BCUT2D eigenvalue weighted by Crippen LogP contribution is 2.41. The van der Waals surface area contributed by atoms with E-state index in [1.165, 1.54) is 51.4 Å². The van der Waals surface area contributed by atoms with Crippen LogP contribution < -0.4 is 0 Å². The lowest BCUT2D eigenvalue weighted by Gasteiger charge is -2.37. The summed E-state index contributed by atoms with van der Waals surface area (Å²) in [6, 6.07) is 0. The Morgan fingerprint density at radius 2 is 0.800 bits per heavy atom. The third kappa shape index (κ3) is 5.78. The largest absolute Gasteiger partial charge is 0.0654 e. The average Bonchev–Trinajstić information content (AvgIpc) is 2.47. The molecule has 20 heavy (non-hydrogen) atoms. The van der Waals surface area contributed by atoms with Gasteiger partial charge in [-0.05, 0) is 49.4 Å². The molecular weight excluding hydrogens is 240 g/mol. The van der Waals surface area contributed by atoms with Gasteiger partial charge in [-0.1, -0.05) is 79.1 Å². The quantitative estimate of drug-likeness (QED) is 0.396. The second-order valence-electron chi connectivity index (χ2n) is 7.35. The first-order valence-corrected chi connectivity index (χ1v) is 9.76. The molecule has 0 spiro atoms. The SMILES string of the molecule is CCCC(CCC)C1CCC(C(CCC)CCC)CC1. The van der Waals surface area contributed by atoms with E-state index in [4.69, 9.17) is 0 Å². The minimum Gasteiger partial charge on any atom is -0.0654 e. The van der Waals surface area contributed by atoms with Gasteiger partial charge in [0.25, 0.3) is 0 Å². The van der Waals surface area contributed by atoms with Gasteiger partial charge in [0.1, 0.15) is 0 Å². The monoisotopic (exact) mass is 280 g/mol. The summed E-state index contributed by atoms with van der Waals surface area (Å²) in [5.74, 6) is 4.22. The highest BCUT2D eigenvalue weighted by atomic mass is 14.3. The first-order valence-electron chi connectivity index (χ1n) is 9.76. The first kappa shape index (κ1) is 18.1. The van der Waals surface area contributed by atoms with Crippen LogP contribution in [0.25, 0.3) is 0 Å². The van der Waals surface area contributed by atoms with Gasteiger partial charge in [0.15, 0.2) is 0 Å². The van der Waals surface area contributed by atoms with Crippen molar-refractivity contribution in [2.75, 3.05) is 0 Å². The van der Waals surface area contributed by atoms with Crippen molar-refractivity contribution < 1.29 is 0 Å². The number of hydrogen-bond acceptors (Lipinski definition) is 0. The maximum Gasteiger partial charge on any atom is -0.0386 e. The third-order valence-corrected chi connectivity index (χ3v) is 5.79. The molecule has 1 fully saturated rings. The van der Waals surface area contributed by atoms with Crippen LogP contribution in [-0.4, -0.2) is 0 Å². The van der Waals surface area contributed by atoms with E-state index < -0.39 is 0 Å². The van der Waals surface area contributed by atoms with Crippen molar-refractivity contribution in [3.05, 3.63) is 0 Å². The molecule has 1 aliphatic carbocycles. The van der Waals surface area contributed by atoms with E-state index in [-0.39, 0.29) is 0 Å². The molecule has 1 aliphatic rings. The van der Waals surface area contributed by atoms with Gasteiger partial charge >= 0.3 is 0 Å². The van der Waals surface area contributed by atoms with Crippen LogP contribution in [0.2, 0.25) is 0 Å². The van der Waals surface area contributed by atoms with Crippen molar-refractivity contribution in [1.82, 2.24) is 0 Å². The maximum atomic E-state index is 2.37. The van der Waals surface area contributed by atoms with Gasteiger partial charge in [0.05, 0.1) is 0 Å². The van der Waals surface area contributed by atoms with Crippen LogP contribution in [0, 0.1) is 23.7 Å². The van der Waals surface area contributed by atoms with E-state index >= 15 is 0 Å². The van der Waals surface area contributed by atoms with Gasteiger partial charge in [0.2, 0.25) is 0 Å². The van der Waals surface area contributed by atoms with Crippen LogP contribution in [0.5, 0.6) is 0 Å². The lowest BCUT2D eigenvalue weighted by Crippen LogP contribution is -2.26. The Morgan fingerprint density at radius 1 is 0.550 bits per heavy atom.